The van der Waals surface area contributed by atoms with Crippen molar-refractivity contribution in [2.75, 3.05) is 18.5 Å². The normalized spacial score (nSPS) is 23.3. The Bertz CT molecular complexity index is 466. The number of nitrogens with one attached hydrogen (secondary N) is 1. The van der Waals surface area contributed by atoms with Crippen molar-refractivity contribution >= 4 is 11.6 Å². The average Bonchev–Trinajstić information content (AvgIpc) is 2.36. The number of rotatable bonds is 2. The minimum absolute atomic E-state index is 0.00468. The quantitative estimate of drug-likeness (QED) is 0.627. The summed E-state index contributed by atoms with van der Waals surface area (Å²) in [5.74, 6) is 5.49. The topological polar surface area (TPSA) is 67.6 Å². The molecule has 0 aliphatic carbocycles. The second kappa shape index (κ2) is 5.59. The number of nitrogen functional groups attached to an aromatic ring is 1. The maximum atomic E-state index is 12.6. The summed E-state index contributed by atoms with van der Waals surface area (Å²) >= 11 is 0. The highest BCUT2D eigenvalue weighted by molar-refractivity contribution is 5.99. The van der Waals surface area contributed by atoms with Crippen molar-refractivity contribution in [2.45, 2.75) is 33.0 Å². The molecule has 1 saturated heterocycles. The molecule has 1 aliphatic heterocycles. The van der Waals surface area contributed by atoms with E-state index < -0.39 is 0 Å². The number of hydrogen-bond donors (Lipinski definition) is 2. The zero-order valence-corrected chi connectivity index (χ0v) is 11.6. The second-order valence-corrected chi connectivity index (χ2v) is 5.16. The highest BCUT2D eigenvalue weighted by Crippen LogP contribution is 2.21. The lowest BCUT2D eigenvalue weighted by molar-refractivity contribution is -0.0585. The molecular formula is C14H21N3O2. The van der Waals surface area contributed by atoms with Gasteiger partial charge in [0.2, 0.25) is 0 Å². The van der Waals surface area contributed by atoms with Crippen molar-refractivity contribution < 1.29 is 9.53 Å². The number of carbonyl (C=O) groups excluding carboxylic acids is 1. The van der Waals surface area contributed by atoms with Gasteiger partial charge in [0, 0.05) is 13.1 Å². The van der Waals surface area contributed by atoms with Gasteiger partial charge in [0.1, 0.15) is 0 Å². The lowest BCUT2D eigenvalue weighted by atomic mass is 10.1. The fourth-order valence-corrected chi connectivity index (χ4v) is 2.48. The van der Waals surface area contributed by atoms with Crippen molar-refractivity contribution in [3.05, 3.63) is 29.3 Å². The molecule has 5 heteroatoms. The summed E-state index contributed by atoms with van der Waals surface area (Å²) in [7, 11) is 0. The van der Waals surface area contributed by atoms with Crippen molar-refractivity contribution in [1.82, 2.24) is 4.90 Å². The molecule has 1 aliphatic rings. The van der Waals surface area contributed by atoms with Crippen LogP contribution in [0.1, 0.15) is 29.8 Å². The third-order valence-electron chi connectivity index (χ3n) is 3.27. The van der Waals surface area contributed by atoms with E-state index in [1.54, 1.807) is 0 Å². The third kappa shape index (κ3) is 3.05. The summed E-state index contributed by atoms with van der Waals surface area (Å²) < 4.78 is 5.64. The summed E-state index contributed by atoms with van der Waals surface area (Å²) in [5.41, 5.74) is 4.93. The number of nitrogens with zero attached hydrogens (tertiary/aromatic N) is 1. The van der Waals surface area contributed by atoms with E-state index in [1.807, 2.05) is 43.9 Å². The Kier molecular flexibility index (Phi) is 4.07. The van der Waals surface area contributed by atoms with Crippen LogP contribution < -0.4 is 11.3 Å². The molecule has 0 saturated carbocycles. The maximum absolute atomic E-state index is 12.6. The molecule has 0 radical (unpaired) electrons. The summed E-state index contributed by atoms with van der Waals surface area (Å²) in [6.07, 6.45) is 0.125. The van der Waals surface area contributed by atoms with Crippen molar-refractivity contribution in [3.63, 3.8) is 0 Å². The van der Waals surface area contributed by atoms with Gasteiger partial charge in [-0.25, -0.2) is 0 Å². The van der Waals surface area contributed by atoms with Crippen molar-refractivity contribution in [3.8, 4) is 0 Å². The lowest BCUT2D eigenvalue weighted by Crippen LogP contribution is -2.48. The summed E-state index contributed by atoms with van der Waals surface area (Å²) in [6.45, 7) is 7.15. The molecule has 2 atom stereocenters. The van der Waals surface area contributed by atoms with Gasteiger partial charge in [0.15, 0.2) is 0 Å². The van der Waals surface area contributed by atoms with E-state index in [0.717, 1.165) is 5.56 Å². The number of ether oxygens (including phenoxy) is 1. The SMILES string of the molecule is Cc1ccc(C(=O)N2C[C@@H](C)O[C@@H](C)C2)c(NN)c1. The predicted octanol–water partition coefficient (Wildman–Crippen LogP) is 1.53. The highest BCUT2D eigenvalue weighted by atomic mass is 16.5. The highest BCUT2D eigenvalue weighted by Gasteiger charge is 2.27. The van der Waals surface area contributed by atoms with Crippen LogP contribution in [0.5, 0.6) is 0 Å². The Balaban J connectivity index is 2.24. The molecule has 0 unspecified atom stereocenters. The molecule has 1 aromatic carbocycles. The van der Waals surface area contributed by atoms with E-state index in [1.165, 1.54) is 0 Å². The van der Waals surface area contributed by atoms with Gasteiger partial charge >= 0.3 is 0 Å². The van der Waals surface area contributed by atoms with Crippen LogP contribution in [0, 0.1) is 6.92 Å². The molecule has 0 bridgehead atoms. The first-order chi connectivity index (χ1) is 9.01. The molecule has 19 heavy (non-hydrogen) atoms. The van der Waals surface area contributed by atoms with E-state index >= 15 is 0 Å². The van der Waals surface area contributed by atoms with Crippen LogP contribution >= 0.6 is 0 Å². The van der Waals surface area contributed by atoms with Crippen LogP contribution in [-0.2, 0) is 4.74 Å². The molecule has 1 amide bonds. The number of hydrazine groups is 1. The molecule has 1 aromatic rings. The number of carbonyl (C=O) groups is 1. The molecule has 0 spiro atoms. The van der Waals surface area contributed by atoms with Crippen LogP contribution in [0.3, 0.4) is 0 Å². The first-order valence-electron chi connectivity index (χ1n) is 6.53. The molecule has 1 heterocycles. The Labute approximate surface area is 113 Å². The smallest absolute Gasteiger partial charge is 0.256 e. The first-order valence-corrected chi connectivity index (χ1v) is 6.53. The van der Waals surface area contributed by atoms with Crippen LogP contribution in [0.25, 0.3) is 0 Å². The number of morpholine rings is 1. The van der Waals surface area contributed by atoms with Gasteiger partial charge < -0.3 is 15.1 Å². The van der Waals surface area contributed by atoms with Gasteiger partial charge in [0.05, 0.1) is 23.5 Å². The van der Waals surface area contributed by atoms with Gasteiger partial charge in [0.25, 0.3) is 5.91 Å². The molecule has 2 rings (SSSR count). The summed E-state index contributed by atoms with van der Waals surface area (Å²) in [4.78, 5) is 14.4. The molecule has 0 aromatic heterocycles. The summed E-state index contributed by atoms with van der Waals surface area (Å²) in [5, 5.41) is 0. The van der Waals surface area contributed by atoms with E-state index in [-0.39, 0.29) is 18.1 Å². The van der Waals surface area contributed by atoms with E-state index in [4.69, 9.17) is 10.6 Å². The Morgan fingerprint density at radius 1 is 1.37 bits per heavy atom. The van der Waals surface area contributed by atoms with E-state index in [0.29, 0.717) is 24.3 Å². The first kappa shape index (κ1) is 13.8. The van der Waals surface area contributed by atoms with Crippen LogP contribution in [-0.4, -0.2) is 36.1 Å². The minimum Gasteiger partial charge on any atom is -0.372 e. The zero-order chi connectivity index (χ0) is 14.0. The van der Waals surface area contributed by atoms with Crippen molar-refractivity contribution in [2.24, 2.45) is 5.84 Å². The Morgan fingerprint density at radius 3 is 2.58 bits per heavy atom. The molecule has 1 fully saturated rings. The fraction of sp³-hybridized carbons (Fsp3) is 0.500. The van der Waals surface area contributed by atoms with Gasteiger partial charge in [-0.3, -0.25) is 10.6 Å². The van der Waals surface area contributed by atoms with Crippen LogP contribution in [0.4, 0.5) is 5.69 Å². The molecular weight excluding hydrogens is 242 g/mol. The number of amides is 1. The number of aryl methyl sites for hydroxylation is 1. The third-order valence-corrected chi connectivity index (χ3v) is 3.27. The number of nitrogens with two attached hydrogens (primary N) is 1. The van der Waals surface area contributed by atoms with Crippen LogP contribution in [0.15, 0.2) is 18.2 Å². The van der Waals surface area contributed by atoms with Gasteiger partial charge in [-0.2, -0.15) is 0 Å². The fourth-order valence-electron chi connectivity index (χ4n) is 2.48. The molecule has 104 valence electrons. The number of anilines is 1. The lowest BCUT2D eigenvalue weighted by Gasteiger charge is -2.35. The molecule has 5 nitrogen and oxygen atoms in total. The maximum Gasteiger partial charge on any atom is 0.256 e. The Hall–Kier alpha value is -1.59. The number of benzene rings is 1. The monoisotopic (exact) mass is 263 g/mol. The minimum atomic E-state index is -0.00468. The van der Waals surface area contributed by atoms with E-state index in [2.05, 4.69) is 5.43 Å². The standard InChI is InChI=1S/C14H21N3O2/c1-9-4-5-12(13(6-9)16-15)14(18)17-7-10(2)19-11(3)8-17/h4-6,10-11,16H,7-8,15H2,1-3H3/t10-,11+. The summed E-state index contributed by atoms with van der Waals surface area (Å²) in [6, 6.07) is 5.61. The largest absolute Gasteiger partial charge is 0.372 e. The van der Waals surface area contributed by atoms with Gasteiger partial charge in [-0.15, -0.1) is 0 Å². The number of hydrogen-bond acceptors (Lipinski definition) is 4. The predicted molar refractivity (Wildman–Crippen MR) is 74.9 cm³/mol. The molecule has 3 N–H and O–H groups in total. The second-order valence-electron chi connectivity index (χ2n) is 5.16. The average molecular weight is 263 g/mol. The van der Waals surface area contributed by atoms with Crippen molar-refractivity contribution in [1.29, 1.82) is 0 Å². The van der Waals surface area contributed by atoms with E-state index in [9.17, 15) is 4.79 Å². The van der Waals surface area contributed by atoms with Crippen LogP contribution in [0.2, 0.25) is 0 Å². The van der Waals surface area contributed by atoms with Gasteiger partial charge in [-0.05, 0) is 38.5 Å². The zero-order valence-electron chi connectivity index (χ0n) is 11.6. The Morgan fingerprint density at radius 2 is 2.00 bits per heavy atom. The van der Waals surface area contributed by atoms with Gasteiger partial charge in [-0.1, -0.05) is 6.07 Å².